The monoisotopic (exact) mass is 283 g/mol. The maximum absolute atomic E-state index is 12.6. The molecule has 4 heteroatoms. The molecular formula is C16H20F3N. The normalized spacial score (nSPS) is 28.1. The fourth-order valence-electron chi connectivity index (χ4n) is 3.16. The zero-order chi connectivity index (χ0) is 14.2. The number of halogens is 3. The van der Waals surface area contributed by atoms with Gasteiger partial charge in [-0.15, -0.1) is 0 Å². The van der Waals surface area contributed by atoms with Gasteiger partial charge in [-0.3, -0.25) is 0 Å². The Balaban J connectivity index is 1.60. The van der Waals surface area contributed by atoms with E-state index in [4.69, 9.17) is 0 Å². The van der Waals surface area contributed by atoms with Gasteiger partial charge in [0.25, 0.3) is 0 Å². The van der Waals surface area contributed by atoms with Crippen molar-refractivity contribution < 1.29 is 13.2 Å². The lowest BCUT2D eigenvalue weighted by molar-refractivity contribution is -0.179. The molecule has 1 N–H and O–H groups in total. The minimum Gasteiger partial charge on any atom is -0.309 e. The highest BCUT2D eigenvalue weighted by molar-refractivity contribution is 5.28. The highest BCUT2D eigenvalue weighted by Gasteiger charge is 2.41. The highest BCUT2D eigenvalue weighted by atomic mass is 19.4. The molecule has 2 aliphatic rings. The molecule has 1 nitrogen and oxygen atoms in total. The molecule has 1 heterocycles. The lowest BCUT2D eigenvalue weighted by Crippen LogP contribution is -2.40. The summed E-state index contributed by atoms with van der Waals surface area (Å²) in [6.45, 7) is 0.0402. The molecule has 0 spiro atoms. The Hall–Kier alpha value is -1.03. The first kappa shape index (κ1) is 13.9. The van der Waals surface area contributed by atoms with Crippen molar-refractivity contribution in [3.8, 4) is 0 Å². The largest absolute Gasteiger partial charge is 0.393 e. The van der Waals surface area contributed by atoms with E-state index in [1.165, 1.54) is 24.8 Å². The smallest absolute Gasteiger partial charge is 0.309 e. The van der Waals surface area contributed by atoms with E-state index in [1.54, 1.807) is 0 Å². The van der Waals surface area contributed by atoms with Crippen molar-refractivity contribution in [1.82, 2.24) is 5.32 Å². The molecule has 20 heavy (non-hydrogen) atoms. The molecule has 2 unspecified atom stereocenters. The second kappa shape index (κ2) is 5.40. The van der Waals surface area contributed by atoms with Crippen LogP contribution in [0.4, 0.5) is 13.2 Å². The summed E-state index contributed by atoms with van der Waals surface area (Å²) in [5.41, 5.74) is 2.50. The molecule has 1 aromatic carbocycles. The number of rotatable bonds is 2. The second-order valence-electron chi connectivity index (χ2n) is 6.07. The van der Waals surface area contributed by atoms with E-state index in [0.717, 1.165) is 5.56 Å². The number of hydrogen-bond donors (Lipinski definition) is 1. The summed E-state index contributed by atoms with van der Waals surface area (Å²) in [5, 5.41) is 3.05. The predicted molar refractivity (Wildman–Crippen MR) is 72.6 cm³/mol. The number of nitrogens with one attached hydrogen (secondary N) is 1. The predicted octanol–water partition coefficient (Wildman–Crippen LogP) is 4.56. The van der Waals surface area contributed by atoms with E-state index >= 15 is 0 Å². The van der Waals surface area contributed by atoms with Crippen molar-refractivity contribution in [3.05, 3.63) is 35.4 Å². The van der Waals surface area contributed by atoms with Crippen molar-refractivity contribution in [2.45, 2.75) is 50.2 Å². The standard InChI is InChI=1S/C16H20F3N/c17-16(18,19)14-8-9-15(20-10-14)13-6-4-12(5-7-13)11-2-1-3-11/h4-7,11,14-15,20H,1-3,8-10H2. The molecule has 1 saturated carbocycles. The van der Waals surface area contributed by atoms with Crippen LogP contribution in [0.5, 0.6) is 0 Å². The topological polar surface area (TPSA) is 12.0 Å². The second-order valence-corrected chi connectivity index (χ2v) is 6.07. The molecule has 0 aromatic heterocycles. The van der Waals surface area contributed by atoms with Gasteiger partial charge in [-0.2, -0.15) is 13.2 Å². The van der Waals surface area contributed by atoms with Crippen LogP contribution in [-0.4, -0.2) is 12.7 Å². The Bertz CT molecular complexity index is 440. The minimum atomic E-state index is -4.06. The Kier molecular flexibility index (Phi) is 3.76. The maximum atomic E-state index is 12.6. The molecule has 2 fully saturated rings. The molecule has 1 saturated heterocycles. The van der Waals surface area contributed by atoms with Gasteiger partial charge >= 0.3 is 6.18 Å². The van der Waals surface area contributed by atoms with E-state index in [2.05, 4.69) is 29.6 Å². The zero-order valence-electron chi connectivity index (χ0n) is 11.4. The van der Waals surface area contributed by atoms with Crippen molar-refractivity contribution >= 4 is 0 Å². The number of alkyl halides is 3. The first-order chi connectivity index (χ1) is 9.54. The Labute approximate surface area is 117 Å². The lowest BCUT2D eigenvalue weighted by Gasteiger charge is -2.32. The highest BCUT2D eigenvalue weighted by Crippen LogP contribution is 2.38. The summed E-state index contributed by atoms with van der Waals surface area (Å²) in [4.78, 5) is 0. The molecule has 1 aliphatic heterocycles. The molecule has 2 atom stereocenters. The molecule has 110 valence electrons. The van der Waals surface area contributed by atoms with Gasteiger partial charge in [0, 0.05) is 12.6 Å². The van der Waals surface area contributed by atoms with Crippen LogP contribution in [0.3, 0.4) is 0 Å². The fraction of sp³-hybridized carbons (Fsp3) is 0.625. The van der Waals surface area contributed by atoms with Crippen molar-refractivity contribution in [3.63, 3.8) is 0 Å². The van der Waals surface area contributed by atoms with Crippen LogP contribution in [0.1, 0.15) is 55.2 Å². The van der Waals surface area contributed by atoms with Gasteiger partial charge in [-0.25, -0.2) is 0 Å². The van der Waals surface area contributed by atoms with Gasteiger partial charge in [0.1, 0.15) is 0 Å². The molecular weight excluding hydrogens is 263 g/mol. The van der Waals surface area contributed by atoms with Crippen LogP contribution in [0.2, 0.25) is 0 Å². The van der Waals surface area contributed by atoms with Gasteiger partial charge in [0.05, 0.1) is 5.92 Å². The Morgan fingerprint density at radius 2 is 1.55 bits per heavy atom. The third-order valence-corrected chi connectivity index (χ3v) is 4.79. The van der Waals surface area contributed by atoms with Crippen LogP contribution in [-0.2, 0) is 0 Å². The SMILES string of the molecule is FC(F)(F)C1CCC(c2ccc(C3CCC3)cc2)NC1. The third-order valence-electron chi connectivity index (χ3n) is 4.79. The van der Waals surface area contributed by atoms with Gasteiger partial charge in [0.2, 0.25) is 0 Å². The molecule has 1 aliphatic carbocycles. The Morgan fingerprint density at radius 3 is 2.00 bits per heavy atom. The Morgan fingerprint density at radius 1 is 0.900 bits per heavy atom. The molecule has 0 bridgehead atoms. The van der Waals surface area contributed by atoms with Gasteiger partial charge in [0.15, 0.2) is 0 Å². The van der Waals surface area contributed by atoms with E-state index in [0.29, 0.717) is 12.3 Å². The summed E-state index contributed by atoms with van der Waals surface area (Å²) in [5.74, 6) is -0.481. The first-order valence-electron chi connectivity index (χ1n) is 7.44. The van der Waals surface area contributed by atoms with Gasteiger partial charge in [-0.1, -0.05) is 30.7 Å². The number of hydrogen-bond acceptors (Lipinski definition) is 1. The van der Waals surface area contributed by atoms with E-state index < -0.39 is 12.1 Å². The first-order valence-corrected chi connectivity index (χ1v) is 7.44. The summed E-state index contributed by atoms with van der Waals surface area (Å²) in [6.07, 6.45) is 0.586. The summed E-state index contributed by atoms with van der Waals surface area (Å²) in [6, 6.07) is 8.54. The molecule has 0 amide bonds. The molecule has 1 aromatic rings. The minimum absolute atomic E-state index is 0.0402. The van der Waals surface area contributed by atoms with E-state index in [-0.39, 0.29) is 19.0 Å². The summed E-state index contributed by atoms with van der Waals surface area (Å²) in [7, 11) is 0. The summed E-state index contributed by atoms with van der Waals surface area (Å²) < 4.78 is 37.9. The van der Waals surface area contributed by atoms with Gasteiger partial charge in [-0.05, 0) is 42.7 Å². The van der Waals surface area contributed by atoms with Crippen LogP contribution in [0, 0.1) is 5.92 Å². The number of piperidine rings is 1. The zero-order valence-corrected chi connectivity index (χ0v) is 11.4. The van der Waals surface area contributed by atoms with Crippen LogP contribution >= 0.6 is 0 Å². The summed E-state index contributed by atoms with van der Waals surface area (Å²) >= 11 is 0. The van der Waals surface area contributed by atoms with E-state index in [1.807, 2.05) is 0 Å². The average molecular weight is 283 g/mol. The third kappa shape index (κ3) is 2.85. The van der Waals surface area contributed by atoms with Gasteiger partial charge < -0.3 is 5.32 Å². The average Bonchev–Trinajstić information content (AvgIpc) is 2.37. The molecule has 3 rings (SSSR count). The van der Waals surface area contributed by atoms with Crippen molar-refractivity contribution in [2.75, 3.05) is 6.54 Å². The van der Waals surface area contributed by atoms with Crippen LogP contribution in [0.15, 0.2) is 24.3 Å². The molecule has 0 radical (unpaired) electrons. The van der Waals surface area contributed by atoms with Crippen molar-refractivity contribution in [1.29, 1.82) is 0 Å². The maximum Gasteiger partial charge on any atom is 0.393 e. The number of benzene rings is 1. The van der Waals surface area contributed by atoms with Crippen LogP contribution < -0.4 is 5.32 Å². The van der Waals surface area contributed by atoms with E-state index in [9.17, 15) is 13.2 Å². The quantitative estimate of drug-likeness (QED) is 0.839. The van der Waals surface area contributed by atoms with Crippen molar-refractivity contribution in [2.24, 2.45) is 5.92 Å². The lowest BCUT2D eigenvalue weighted by atomic mass is 9.79. The fourth-order valence-corrected chi connectivity index (χ4v) is 3.16. The van der Waals surface area contributed by atoms with Crippen LogP contribution in [0.25, 0.3) is 0 Å².